The Hall–Kier alpha value is 0.170. The van der Waals surface area contributed by atoms with Crippen LogP contribution in [0, 0.1) is 0 Å². The monoisotopic (exact) mass is 140 g/mol. The Morgan fingerprint density at radius 2 is 2.12 bits per heavy atom. The van der Waals surface area contributed by atoms with E-state index in [-0.39, 0.29) is 5.25 Å². The zero-order valence-electron chi connectivity index (χ0n) is 4.14. The summed E-state index contributed by atoms with van der Waals surface area (Å²) in [6.07, 6.45) is 0. The molecular weight excluding hydrogens is 134 g/mol. The summed E-state index contributed by atoms with van der Waals surface area (Å²) in [5, 5.41) is 0.0509. The summed E-state index contributed by atoms with van der Waals surface area (Å²) in [6.45, 7) is 0.990. The van der Waals surface area contributed by atoms with Gasteiger partial charge in [-0.1, -0.05) is 11.8 Å². The van der Waals surface area contributed by atoms with Crippen LogP contribution in [-0.4, -0.2) is 24.2 Å². The highest BCUT2D eigenvalue weighted by Gasteiger charge is 2.22. The van der Waals surface area contributed by atoms with Crippen LogP contribution in [0.25, 0.3) is 0 Å². The van der Waals surface area contributed by atoms with E-state index in [1.165, 1.54) is 0 Å². The predicted octanol–water partition coefficient (Wildman–Crippen LogP) is 1.34. The summed E-state index contributed by atoms with van der Waals surface area (Å²) in [7, 11) is 0. The molecule has 0 N–H and O–H groups in total. The van der Waals surface area contributed by atoms with Crippen LogP contribution in [0.1, 0.15) is 0 Å². The lowest BCUT2D eigenvalue weighted by atomic mass is 10.4. The second kappa shape index (κ2) is 2.64. The molecule has 1 aliphatic heterocycles. The molecule has 0 amide bonds. The highest BCUT2D eigenvalue weighted by Crippen LogP contribution is 2.24. The first-order valence-electron chi connectivity index (χ1n) is 2.30. The molecule has 0 spiro atoms. The summed E-state index contributed by atoms with van der Waals surface area (Å²) in [6, 6.07) is 0. The van der Waals surface area contributed by atoms with Gasteiger partial charge in [-0.2, -0.15) is 8.78 Å². The Morgan fingerprint density at radius 1 is 1.50 bits per heavy atom. The van der Waals surface area contributed by atoms with Gasteiger partial charge in [0, 0.05) is 0 Å². The molecule has 0 aliphatic carbocycles. The molecule has 1 aliphatic rings. The fourth-order valence-electron chi connectivity index (χ4n) is 0.438. The van der Waals surface area contributed by atoms with Gasteiger partial charge in [-0.15, -0.1) is 0 Å². The highest BCUT2D eigenvalue weighted by molar-refractivity contribution is 8.00. The van der Waals surface area contributed by atoms with E-state index < -0.39 is 5.76 Å². The minimum atomic E-state index is -2.23. The van der Waals surface area contributed by atoms with Gasteiger partial charge in [-0.3, -0.25) is 0 Å². The number of hydrogen-bond acceptors (Lipinski definition) is 2. The van der Waals surface area contributed by atoms with Crippen molar-refractivity contribution < 1.29 is 13.5 Å². The Balaban J connectivity index is 2.01. The minimum Gasteiger partial charge on any atom is -0.379 e. The third kappa shape index (κ3) is 1.59. The lowest BCUT2D eigenvalue weighted by molar-refractivity contribution is 0.0438. The zero-order valence-corrected chi connectivity index (χ0v) is 4.96. The van der Waals surface area contributed by atoms with E-state index >= 15 is 0 Å². The molecule has 0 aromatic heterocycles. The summed E-state index contributed by atoms with van der Waals surface area (Å²) < 4.78 is 27.5. The summed E-state index contributed by atoms with van der Waals surface area (Å²) in [5.74, 6) is -2.23. The van der Waals surface area contributed by atoms with E-state index in [0.29, 0.717) is 25.0 Å². The topological polar surface area (TPSA) is 9.23 Å². The van der Waals surface area contributed by atoms with Crippen molar-refractivity contribution in [2.24, 2.45) is 0 Å². The molecular formula is C4H6F2OS. The lowest BCUT2D eigenvalue weighted by Crippen LogP contribution is -2.31. The molecule has 8 heavy (non-hydrogen) atoms. The predicted molar refractivity (Wildman–Crippen MR) is 28.2 cm³/mol. The molecule has 0 unspecified atom stereocenters. The molecule has 0 aromatic carbocycles. The van der Waals surface area contributed by atoms with Crippen LogP contribution in [0.2, 0.25) is 0 Å². The van der Waals surface area contributed by atoms with Crippen LogP contribution in [0.4, 0.5) is 8.78 Å². The minimum absolute atomic E-state index is 0.0509. The number of thioether (sulfide) groups is 1. The second-order valence-corrected chi connectivity index (χ2v) is 2.85. The van der Waals surface area contributed by atoms with E-state index in [1.807, 2.05) is 0 Å². The first-order valence-corrected chi connectivity index (χ1v) is 3.24. The van der Waals surface area contributed by atoms with Crippen molar-refractivity contribution in [3.63, 3.8) is 0 Å². The third-order valence-electron chi connectivity index (χ3n) is 0.903. The largest absolute Gasteiger partial charge is 0.379 e. The summed E-state index contributed by atoms with van der Waals surface area (Å²) >= 11 is 0.683. The van der Waals surface area contributed by atoms with Crippen molar-refractivity contribution in [1.82, 2.24) is 0 Å². The zero-order chi connectivity index (χ0) is 5.98. The number of ether oxygens (including phenoxy) is 1. The molecule has 0 bridgehead atoms. The maximum atomic E-state index is 11.4. The average Bonchev–Trinajstić information content (AvgIpc) is 1.55. The maximum Gasteiger partial charge on any atom is 0.284 e. The van der Waals surface area contributed by atoms with Crippen molar-refractivity contribution in [2.75, 3.05) is 13.2 Å². The average molecular weight is 140 g/mol. The molecule has 1 nitrogen and oxygen atoms in total. The summed E-state index contributed by atoms with van der Waals surface area (Å²) in [4.78, 5) is 0. The standard InChI is InChI=1S/C4H6F2OS/c5-4(6)8-3-1-7-2-3/h3-4H,1-2H2. The molecule has 48 valence electrons. The Labute approximate surface area is 50.4 Å². The van der Waals surface area contributed by atoms with Crippen LogP contribution < -0.4 is 0 Å². The molecule has 1 rings (SSSR count). The van der Waals surface area contributed by atoms with Crippen molar-refractivity contribution >= 4 is 11.8 Å². The molecule has 4 heteroatoms. The van der Waals surface area contributed by atoms with E-state index in [0.717, 1.165) is 0 Å². The summed E-state index contributed by atoms with van der Waals surface area (Å²) in [5.41, 5.74) is 0. The second-order valence-electron chi connectivity index (χ2n) is 1.56. The Morgan fingerprint density at radius 3 is 2.25 bits per heavy atom. The van der Waals surface area contributed by atoms with Gasteiger partial charge >= 0.3 is 0 Å². The Kier molecular flexibility index (Phi) is 2.08. The van der Waals surface area contributed by atoms with Gasteiger partial charge in [-0.25, -0.2) is 0 Å². The third-order valence-corrected chi connectivity index (χ3v) is 1.77. The van der Waals surface area contributed by atoms with Gasteiger partial charge in [0.15, 0.2) is 0 Å². The SMILES string of the molecule is FC(F)SC1COC1. The van der Waals surface area contributed by atoms with Gasteiger partial charge in [0.1, 0.15) is 0 Å². The van der Waals surface area contributed by atoms with Crippen LogP contribution in [-0.2, 0) is 4.74 Å². The molecule has 0 atom stereocenters. The van der Waals surface area contributed by atoms with E-state index in [2.05, 4.69) is 4.74 Å². The fourth-order valence-corrected chi connectivity index (χ4v) is 1.08. The smallest absolute Gasteiger partial charge is 0.284 e. The molecule has 1 saturated heterocycles. The van der Waals surface area contributed by atoms with Crippen LogP contribution in [0.15, 0.2) is 0 Å². The number of halogens is 2. The van der Waals surface area contributed by atoms with Gasteiger partial charge in [0.2, 0.25) is 0 Å². The number of alkyl halides is 2. The van der Waals surface area contributed by atoms with Crippen molar-refractivity contribution in [2.45, 2.75) is 11.0 Å². The van der Waals surface area contributed by atoms with Gasteiger partial charge in [0.05, 0.1) is 18.5 Å². The molecule has 0 saturated carbocycles. The lowest BCUT2D eigenvalue weighted by Gasteiger charge is -2.24. The first kappa shape index (κ1) is 6.29. The van der Waals surface area contributed by atoms with E-state index in [9.17, 15) is 8.78 Å². The molecule has 0 aromatic rings. The molecule has 1 fully saturated rings. The quantitative estimate of drug-likeness (QED) is 0.572. The number of rotatable bonds is 2. The maximum absolute atomic E-state index is 11.4. The first-order chi connectivity index (χ1) is 3.79. The van der Waals surface area contributed by atoms with E-state index in [1.54, 1.807) is 0 Å². The van der Waals surface area contributed by atoms with Crippen LogP contribution in [0.5, 0.6) is 0 Å². The molecule has 1 heterocycles. The Bertz CT molecular complexity index is 74.4. The van der Waals surface area contributed by atoms with Gasteiger partial charge in [0.25, 0.3) is 5.76 Å². The fraction of sp³-hybridized carbons (Fsp3) is 1.00. The van der Waals surface area contributed by atoms with Gasteiger partial charge < -0.3 is 4.74 Å². The molecule has 0 radical (unpaired) electrons. The highest BCUT2D eigenvalue weighted by atomic mass is 32.2. The van der Waals surface area contributed by atoms with Crippen LogP contribution >= 0.6 is 11.8 Å². The van der Waals surface area contributed by atoms with Gasteiger partial charge in [-0.05, 0) is 0 Å². The van der Waals surface area contributed by atoms with Crippen molar-refractivity contribution in [3.8, 4) is 0 Å². The van der Waals surface area contributed by atoms with Crippen molar-refractivity contribution in [3.05, 3.63) is 0 Å². The number of hydrogen-bond donors (Lipinski definition) is 0. The normalized spacial score (nSPS) is 21.4. The van der Waals surface area contributed by atoms with Crippen LogP contribution in [0.3, 0.4) is 0 Å². The van der Waals surface area contributed by atoms with E-state index in [4.69, 9.17) is 0 Å². The van der Waals surface area contributed by atoms with Crippen molar-refractivity contribution in [1.29, 1.82) is 0 Å².